The summed E-state index contributed by atoms with van der Waals surface area (Å²) in [6.45, 7) is 5.04. The summed E-state index contributed by atoms with van der Waals surface area (Å²) in [4.78, 5) is 29.5. The molecule has 10 heteroatoms. The first kappa shape index (κ1) is 32.6. The molecule has 0 spiro atoms. The molecule has 1 amide bonds. The number of hydrogen-bond acceptors (Lipinski definition) is 8. The van der Waals surface area contributed by atoms with Crippen LogP contribution in [-0.4, -0.2) is 85.8 Å². The number of furan rings is 1. The van der Waals surface area contributed by atoms with Gasteiger partial charge >= 0.3 is 0 Å². The first-order valence-electron chi connectivity index (χ1n) is 17.1. The Kier molecular flexibility index (Phi) is 9.48. The lowest BCUT2D eigenvalue weighted by Gasteiger charge is -2.40. The molecule has 2 aromatic heterocycles. The highest BCUT2D eigenvalue weighted by Gasteiger charge is 2.42. The minimum atomic E-state index is -0.140. The Bertz CT molecular complexity index is 1820. The Labute approximate surface area is 287 Å². The molecular formula is C39H45N5O5. The Morgan fingerprint density at radius 3 is 2.43 bits per heavy atom. The summed E-state index contributed by atoms with van der Waals surface area (Å²) in [7, 11) is 4.70. The van der Waals surface area contributed by atoms with E-state index < -0.39 is 0 Å². The molecule has 2 aliphatic heterocycles. The van der Waals surface area contributed by atoms with E-state index in [2.05, 4.69) is 57.2 Å². The lowest BCUT2D eigenvalue weighted by molar-refractivity contribution is 0.0776. The maximum atomic E-state index is 14.0. The van der Waals surface area contributed by atoms with Crippen LogP contribution in [0.4, 0.5) is 5.95 Å². The van der Waals surface area contributed by atoms with Gasteiger partial charge in [0.2, 0.25) is 11.7 Å². The van der Waals surface area contributed by atoms with Crippen LogP contribution in [0.3, 0.4) is 0 Å². The van der Waals surface area contributed by atoms with E-state index in [4.69, 9.17) is 23.6 Å². The van der Waals surface area contributed by atoms with Crippen molar-refractivity contribution in [2.24, 2.45) is 0 Å². The SMILES string of the molecule is COc1ccc(C(=O)N2CCC(CCN3CCC(N(Cc4ccoc4)c4nc5ccccc5[nH]4)CC3)(c3ccccc3)C2)c(OC)c1OC. The van der Waals surface area contributed by atoms with Gasteiger partial charge in [-0.05, 0) is 68.1 Å². The molecule has 2 fully saturated rings. The van der Waals surface area contributed by atoms with Gasteiger partial charge in [0.25, 0.3) is 5.91 Å². The molecule has 3 aromatic carbocycles. The third kappa shape index (κ3) is 6.57. The Morgan fingerprint density at radius 2 is 1.71 bits per heavy atom. The van der Waals surface area contributed by atoms with Gasteiger partial charge in [-0.1, -0.05) is 42.5 Å². The van der Waals surface area contributed by atoms with E-state index in [1.54, 1.807) is 39.7 Å². The number of imidazole rings is 1. The number of piperidine rings is 1. The number of benzene rings is 3. The molecule has 0 aliphatic carbocycles. The second kappa shape index (κ2) is 14.3. The number of anilines is 1. The van der Waals surface area contributed by atoms with Crippen LogP contribution in [-0.2, 0) is 12.0 Å². The average Bonchev–Trinajstić information content (AvgIpc) is 3.93. The maximum Gasteiger partial charge on any atom is 0.257 e. The number of carbonyl (C=O) groups is 1. The molecular weight excluding hydrogens is 618 g/mol. The molecule has 1 atom stereocenters. The van der Waals surface area contributed by atoms with Crippen molar-refractivity contribution in [1.29, 1.82) is 0 Å². The van der Waals surface area contributed by atoms with E-state index >= 15 is 0 Å². The van der Waals surface area contributed by atoms with Gasteiger partial charge < -0.3 is 38.3 Å². The van der Waals surface area contributed by atoms with Gasteiger partial charge in [-0.15, -0.1) is 0 Å². The number of amides is 1. The number of likely N-dealkylation sites (tertiary alicyclic amines) is 2. The fourth-order valence-electron chi connectivity index (χ4n) is 7.72. The zero-order valence-corrected chi connectivity index (χ0v) is 28.6. The minimum absolute atomic E-state index is 0.0558. The summed E-state index contributed by atoms with van der Waals surface area (Å²) in [5, 5.41) is 0. The number of fused-ring (bicyclic) bond motifs is 1. The molecule has 2 aliphatic rings. The van der Waals surface area contributed by atoms with Crippen LogP contribution >= 0.6 is 0 Å². The molecule has 4 heterocycles. The summed E-state index contributed by atoms with van der Waals surface area (Å²) in [6, 6.07) is 24.8. The van der Waals surface area contributed by atoms with Crippen LogP contribution in [0.15, 0.2) is 89.7 Å². The molecule has 1 unspecified atom stereocenters. The number of nitrogens with zero attached hydrogens (tertiary/aromatic N) is 4. The topological polar surface area (TPSA) is 96.3 Å². The molecule has 49 heavy (non-hydrogen) atoms. The van der Waals surface area contributed by atoms with Crippen LogP contribution in [0.25, 0.3) is 11.0 Å². The summed E-state index contributed by atoms with van der Waals surface area (Å²) in [5.74, 6) is 2.21. The third-order valence-corrected chi connectivity index (χ3v) is 10.4. The minimum Gasteiger partial charge on any atom is -0.493 e. The summed E-state index contributed by atoms with van der Waals surface area (Å²) < 4.78 is 22.1. The largest absolute Gasteiger partial charge is 0.493 e. The van der Waals surface area contributed by atoms with Gasteiger partial charge in [-0.2, -0.15) is 0 Å². The molecule has 0 radical (unpaired) electrons. The third-order valence-electron chi connectivity index (χ3n) is 10.4. The zero-order valence-electron chi connectivity index (χ0n) is 28.6. The molecule has 0 bridgehead atoms. The number of hydrogen-bond donors (Lipinski definition) is 1. The van der Waals surface area contributed by atoms with Crippen molar-refractivity contribution in [2.45, 2.75) is 43.7 Å². The number of H-pyrrole nitrogens is 1. The molecule has 10 nitrogen and oxygen atoms in total. The fraction of sp³-hybridized carbons (Fsp3) is 0.385. The molecule has 1 N–H and O–H groups in total. The summed E-state index contributed by atoms with van der Waals surface area (Å²) >= 11 is 0. The molecule has 256 valence electrons. The monoisotopic (exact) mass is 663 g/mol. The highest BCUT2D eigenvalue weighted by Crippen LogP contribution is 2.43. The van der Waals surface area contributed by atoms with Crippen molar-refractivity contribution in [1.82, 2.24) is 19.8 Å². The Hall–Kier alpha value is -4.96. The first-order chi connectivity index (χ1) is 24.0. The van der Waals surface area contributed by atoms with Crippen molar-refractivity contribution in [3.8, 4) is 17.2 Å². The van der Waals surface area contributed by atoms with Crippen LogP contribution in [0, 0.1) is 0 Å². The zero-order chi connectivity index (χ0) is 33.8. The van der Waals surface area contributed by atoms with Gasteiger partial charge in [0, 0.05) is 49.7 Å². The number of aromatic nitrogens is 2. The predicted octanol–water partition coefficient (Wildman–Crippen LogP) is 6.53. The van der Waals surface area contributed by atoms with Crippen molar-refractivity contribution in [3.05, 3.63) is 102 Å². The van der Waals surface area contributed by atoms with Crippen molar-refractivity contribution >= 4 is 22.9 Å². The van der Waals surface area contributed by atoms with Gasteiger partial charge in [0.05, 0.1) is 50.5 Å². The van der Waals surface area contributed by atoms with E-state index in [1.807, 2.05) is 29.4 Å². The maximum absolute atomic E-state index is 14.0. The first-order valence-corrected chi connectivity index (χ1v) is 17.1. The fourth-order valence-corrected chi connectivity index (χ4v) is 7.72. The lowest BCUT2D eigenvalue weighted by Crippen LogP contribution is -2.46. The van der Waals surface area contributed by atoms with Crippen molar-refractivity contribution in [2.75, 3.05) is 59.0 Å². The molecule has 0 saturated carbocycles. The summed E-state index contributed by atoms with van der Waals surface area (Å²) in [5.41, 5.74) is 4.79. The number of para-hydroxylation sites is 2. The Morgan fingerprint density at radius 1 is 0.939 bits per heavy atom. The van der Waals surface area contributed by atoms with E-state index in [9.17, 15) is 4.79 Å². The molecule has 5 aromatic rings. The lowest BCUT2D eigenvalue weighted by atomic mass is 9.76. The molecule has 7 rings (SSSR count). The van der Waals surface area contributed by atoms with Crippen LogP contribution in [0.2, 0.25) is 0 Å². The van der Waals surface area contributed by atoms with E-state index in [0.29, 0.717) is 41.9 Å². The number of rotatable bonds is 12. The normalized spacial score (nSPS) is 18.6. The smallest absolute Gasteiger partial charge is 0.257 e. The van der Waals surface area contributed by atoms with Crippen molar-refractivity contribution < 1.29 is 23.4 Å². The Balaban J connectivity index is 1.05. The van der Waals surface area contributed by atoms with Gasteiger partial charge in [0.1, 0.15) is 0 Å². The number of nitrogens with one attached hydrogen (secondary N) is 1. The van der Waals surface area contributed by atoms with E-state index in [-0.39, 0.29) is 11.3 Å². The quantitative estimate of drug-likeness (QED) is 0.161. The van der Waals surface area contributed by atoms with Crippen LogP contribution in [0.1, 0.15) is 47.2 Å². The average molecular weight is 664 g/mol. The number of carbonyl (C=O) groups excluding carboxylic acids is 1. The van der Waals surface area contributed by atoms with Gasteiger partial charge in [0.15, 0.2) is 11.5 Å². The van der Waals surface area contributed by atoms with Crippen LogP contribution in [0.5, 0.6) is 17.2 Å². The van der Waals surface area contributed by atoms with E-state index in [0.717, 1.165) is 74.4 Å². The second-order valence-corrected chi connectivity index (χ2v) is 13.2. The number of aromatic amines is 1. The number of ether oxygens (including phenoxy) is 3. The van der Waals surface area contributed by atoms with E-state index in [1.165, 1.54) is 5.56 Å². The van der Waals surface area contributed by atoms with Crippen molar-refractivity contribution in [3.63, 3.8) is 0 Å². The van der Waals surface area contributed by atoms with Gasteiger partial charge in [-0.3, -0.25) is 4.79 Å². The highest BCUT2D eigenvalue weighted by molar-refractivity contribution is 5.98. The van der Waals surface area contributed by atoms with Crippen LogP contribution < -0.4 is 19.1 Å². The number of methoxy groups -OCH3 is 3. The predicted molar refractivity (Wildman–Crippen MR) is 190 cm³/mol. The van der Waals surface area contributed by atoms with Gasteiger partial charge in [-0.25, -0.2) is 4.98 Å². The highest BCUT2D eigenvalue weighted by atomic mass is 16.5. The summed E-state index contributed by atoms with van der Waals surface area (Å²) in [6.07, 6.45) is 7.51. The standard InChI is InChI=1S/C39H45N5O5/c1-46-34-14-13-31(35(47-2)36(34)48-3)37(45)43-23-19-39(27-43,29-9-5-4-6-10-29)18-22-42-20-15-30(16-21-42)44(25-28-17-24-49-26-28)38-40-32-11-7-8-12-33(32)41-38/h4-14,17,24,26,30H,15-16,18-23,25,27H2,1-3H3,(H,40,41). The molecule has 2 saturated heterocycles. The second-order valence-electron chi connectivity index (χ2n) is 13.2.